The van der Waals surface area contributed by atoms with Gasteiger partial charge in [-0.1, -0.05) is 44.2 Å². The normalized spacial score (nSPS) is 14.7. The lowest BCUT2D eigenvalue weighted by atomic mass is 10.1. The molecular formula is C14H24N2. The van der Waals surface area contributed by atoms with Gasteiger partial charge in [0, 0.05) is 6.04 Å². The van der Waals surface area contributed by atoms with E-state index in [-0.39, 0.29) is 0 Å². The first-order valence-electron chi connectivity index (χ1n) is 6.32. The van der Waals surface area contributed by atoms with Gasteiger partial charge < -0.3 is 5.32 Å². The number of benzene rings is 1. The van der Waals surface area contributed by atoms with Gasteiger partial charge in [-0.25, -0.2) is 0 Å². The van der Waals surface area contributed by atoms with Crippen LogP contribution in [0.4, 0.5) is 0 Å². The van der Waals surface area contributed by atoms with Crippen LogP contribution in [-0.2, 0) is 0 Å². The van der Waals surface area contributed by atoms with Gasteiger partial charge in [0.25, 0.3) is 0 Å². The van der Waals surface area contributed by atoms with E-state index in [0.717, 1.165) is 13.0 Å². The summed E-state index contributed by atoms with van der Waals surface area (Å²) >= 11 is 0. The predicted octanol–water partition coefficient (Wildman–Crippen LogP) is 3.07. The van der Waals surface area contributed by atoms with Crippen molar-refractivity contribution in [2.24, 2.45) is 0 Å². The molecule has 0 spiro atoms. The van der Waals surface area contributed by atoms with E-state index >= 15 is 0 Å². The van der Waals surface area contributed by atoms with Crippen LogP contribution in [0.15, 0.2) is 30.3 Å². The van der Waals surface area contributed by atoms with Crippen LogP contribution >= 0.6 is 0 Å². The zero-order valence-corrected chi connectivity index (χ0v) is 10.7. The average Bonchev–Trinajstić information content (AvgIpc) is 2.35. The van der Waals surface area contributed by atoms with Gasteiger partial charge >= 0.3 is 0 Å². The molecule has 0 aliphatic heterocycles. The van der Waals surface area contributed by atoms with Crippen molar-refractivity contribution in [1.29, 1.82) is 0 Å². The minimum absolute atomic E-state index is 0.399. The van der Waals surface area contributed by atoms with Crippen LogP contribution in [0, 0.1) is 0 Å². The highest BCUT2D eigenvalue weighted by molar-refractivity contribution is 5.18. The first-order valence-corrected chi connectivity index (χ1v) is 6.32. The minimum Gasteiger partial charge on any atom is -0.302 e. The number of nitrogens with one attached hydrogen (secondary N) is 2. The summed E-state index contributed by atoms with van der Waals surface area (Å²) in [5, 5.41) is 7.12. The third kappa shape index (κ3) is 4.33. The van der Waals surface area contributed by atoms with Crippen molar-refractivity contribution in [3.8, 4) is 0 Å². The summed E-state index contributed by atoms with van der Waals surface area (Å²) in [4.78, 5) is 0. The van der Waals surface area contributed by atoms with E-state index in [2.05, 4.69) is 61.7 Å². The fraction of sp³-hybridized carbons (Fsp3) is 0.571. The van der Waals surface area contributed by atoms with E-state index in [9.17, 15) is 0 Å². The van der Waals surface area contributed by atoms with E-state index in [1.165, 1.54) is 12.0 Å². The second-order valence-corrected chi connectivity index (χ2v) is 4.21. The molecule has 2 N–H and O–H groups in total. The Morgan fingerprint density at radius 3 is 2.38 bits per heavy atom. The standard InChI is InChI=1S/C14H24N2/c1-4-11-15-14(5-2)16-12(3)13-9-7-6-8-10-13/h6-10,12,14-16H,4-5,11H2,1-3H3. The molecule has 0 heterocycles. The predicted molar refractivity (Wildman–Crippen MR) is 70.4 cm³/mol. The third-order valence-corrected chi connectivity index (χ3v) is 2.80. The molecule has 0 saturated heterocycles. The second kappa shape index (κ2) is 7.42. The van der Waals surface area contributed by atoms with Crippen molar-refractivity contribution >= 4 is 0 Å². The summed E-state index contributed by atoms with van der Waals surface area (Å²) < 4.78 is 0. The lowest BCUT2D eigenvalue weighted by Crippen LogP contribution is -2.43. The summed E-state index contributed by atoms with van der Waals surface area (Å²) in [6.07, 6.45) is 2.70. The van der Waals surface area contributed by atoms with Crippen molar-refractivity contribution < 1.29 is 0 Å². The van der Waals surface area contributed by atoms with Crippen LogP contribution in [0.25, 0.3) is 0 Å². The summed E-state index contributed by atoms with van der Waals surface area (Å²) in [6.45, 7) is 7.69. The monoisotopic (exact) mass is 220 g/mol. The Balaban J connectivity index is 2.45. The maximum Gasteiger partial charge on any atom is 0.0573 e. The zero-order valence-electron chi connectivity index (χ0n) is 10.7. The van der Waals surface area contributed by atoms with Crippen LogP contribution in [-0.4, -0.2) is 12.7 Å². The highest BCUT2D eigenvalue weighted by Crippen LogP contribution is 2.11. The molecule has 0 fully saturated rings. The molecule has 0 aliphatic rings. The molecule has 0 bridgehead atoms. The molecule has 0 radical (unpaired) electrons. The van der Waals surface area contributed by atoms with E-state index in [0.29, 0.717) is 12.2 Å². The molecule has 2 atom stereocenters. The van der Waals surface area contributed by atoms with Crippen molar-refractivity contribution in [1.82, 2.24) is 10.6 Å². The molecule has 90 valence electrons. The van der Waals surface area contributed by atoms with Crippen molar-refractivity contribution in [2.75, 3.05) is 6.54 Å². The summed E-state index contributed by atoms with van der Waals surface area (Å²) in [7, 11) is 0. The number of hydrogen-bond acceptors (Lipinski definition) is 2. The third-order valence-electron chi connectivity index (χ3n) is 2.80. The van der Waals surface area contributed by atoms with Gasteiger partial charge in [0.05, 0.1) is 6.17 Å². The number of hydrogen-bond donors (Lipinski definition) is 2. The van der Waals surface area contributed by atoms with Gasteiger partial charge in [0.15, 0.2) is 0 Å². The van der Waals surface area contributed by atoms with Crippen LogP contribution in [0.2, 0.25) is 0 Å². The van der Waals surface area contributed by atoms with E-state index in [4.69, 9.17) is 0 Å². The minimum atomic E-state index is 0.399. The van der Waals surface area contributed by atoms with Gasteiger partial charge in [-0.2, -0.15) is 0 Å². The molecule has 1 aromatic carbocycles. The molecule has 1 aromatic rings. The Kier molecular flexibility index (Phi) is 6.12. The fourth-order valence-corrected chi connectivity index (χ4v) is 1.78. The molecule has 1 rings (SSSR count). The van der Waals surface area contributed by atoms with Crippen LogP contribution in [0.1, 0.15) is 45.2 Å². The summed E-state index contributed by atoms with van der Waals surface area (Å²) in [5.41, 5.74) is 1.35. The molecule has 0 aromatic heterocycles. The SMILES string of the molecule is CCCNC(CC)NC(C)c1ccccc1. The summed E-state index contributed by atoms with van der Waals surface area (Å²) in [5.74, 6) is 0. The van der Waals surface area contributed by atoms with Gasteiger partial charge in [0.1, 0.15) is 0 Å². The first kappa shape index (κ1) is 13.2. The highest BCUT2D eigenvalue weighted by Gasteiger charge is 2.10. The molecule has 2 nitrogen and oxygen atoms in total. The van der Waals surface area contributed by atoms with Gasteiger partial charge in [-0.3, -0.25) is 5.32 Å². The Labute approximate surface area is 99.5 Å². The second-order valence-electron chi connectivity index (χ2n) is 4.21. The van der Waals surface area contributed by atoms with Gasteiger partial charge in [-0.05, 0) is 31.9 Å². The number of rotatable bonds is 7. The Bertz CT molecular complexity index is 271. The van der Waals surface area contributed by atoms with Crippen molar-refractivity contribution in [2.45, 2.75) is 45.8 Å². The van der Waals surface area contributed by atoms with Crippen LogP contribution in [0.3, 0.4) is 0 Å². The van der Waals surface area contributed by atoms with Gasteiger partial charge in [-0.15, -0.1) is 0 Å². The molecule has 16 heavy (non-hydrogen) atoms. The molecule has 0 aliphatic carbocycles. The molecule has 0 amide bonds. The van der Waals surface area contributed by atoms with Crippen LogP contribution in [0.5, 0.6) is 0 Å². The first-order chi connectivity index (χ1) is 7.77. The van der Waals surface area contributed by atoms with Crippen molar-refractivity contribution in [3.63, 3.8) is 0 Å². The lowest BCUT2D eigenvalue weighted by Gasteiger charge is -2.23. The van der Waals surface area contributed by atoms with Gasteiger partial charge in [0.2, 0.25) is 0 Å². The fourth-order valence-electron chi connectivity index (χ4n) is 1.78. The van der Waals surface area contributed by atoms with Crippen LogP contribution < -0.4 is 10.6 Å². The topological polar surface area (TPSA) is 24.1 Å². The molecule has 2 unspecified atom stereocenters. The van der Waals surface area contributed by atoms with Crippen molar-refractivity contribution in [3.05, 3.63) is 35.9 Å². The molecule has 2 heteroatoms. The Morgan fingerprint density at radius 1 is 1.12 bits per heavy atom. The van der Waals surface area contributed by atoms with E-state index in [1.54, 1.807) is 0 Å². The zero-order chi connectivity index (χ0) is 11.8. The highest BCUT2D eigenvalue weighted by atomic mass is 15.1. The smallest absolute Gasteiger partial charge is 0.0573 e. The largest absolute Gasteiger partial charge is 0.302 e. The van der Waals surface area contributed by atoms with E-state index < -0.39 is 0 Å². The molecule has 0 saturated carbocycles. The maximum absolute atomic E-state index is 3.61. The average molecular weight is 220 g/mol. The maximum atomic E-state index is 3.61. The van der Waals surface area contributed by atoms with E-state index in [1.807, 2.05) is 0 Å². The quantitative estimate of drug-likeness (QED) is 0.690. The lowest BCUT2D eigenvalue weighted by molar-refractivity contribution is 0.376. The summed E-state index contributed by atoms with van der Waals surface area (Å²) in [6, 6.07) is 11.0. The Hall–Kier alpha value is -0.860. The molecular weight excluding hydrogens is 196 g/mol. The Morgan fingerprint density at radius 2 is 1.81 bits per heavy atom.